The van der Waals surface area contributed by atoms with Gasteiger partial charge in [0.2, 0.25) is 0 Å². The topological polar surface area (TPSA) is 63.8 Å². The van der Waals surface area contributed by atoms with E-state index in [2.05, 4.69) is 19.5 Å². The maximum Gasteiger partial charge on any atom is 0.115 e. The maximum absolute atomic E-state index is 10.6. The van der Waals surface area contributed by atoms with Gasteiger partial charge in [0.25, 0.3) is 0 Å². The summed E-state index contributed by atoms with van der Waals surface area (Å²) in [6, 6.07) is 0.0948. The Balaban J connectivity index is 1.60. The van der Waals surface area contributed by atoms with E-state index >= 15 is 0 Å². The molecule has 5 nitrogen and oxygen atoms in total. The number of hydrogen-bond donors (Lipinski definition) is 1. The summed E-state index contributed by atoms with van der Waals surface area (Å²) in [5.74, 6) is 0.441. The SMILES string of the molecule is O[C@@H](C[C@H]1c2ncncc2-c2cncn21)C1CCCCC1. The van der Waals surface area contributed by atoms with Crippen molar-refractivity contribution in [2.24, 2.45) is 5.92 Å². The lowest BCUT2D eigenvalue weighted by molar-refractivity contribution is 0.0683. The third-order valence-electron chi connectivity index (χ3n) is 5.00. The first-order valence-electron chi connectivity index (χ1n) is 7.85. The fourth-order valence-electron chi connectivity index (χ4n) is 3.86. The number of aliphatic hydroxyl groups is 1. The van der Waals surface area contributed by atoms with E-state index in [4.69, 9.17) is 0 Å². The van der Waals surface area contributed by atoms with E-state index in [0.29, 0.717) is 5.92 Å². The first-order valence-corrected chi connectivity index (χ1v) is 7.85. The molecule has 1 fully saturated rings. The number of aromatic nitrogens is 4. The Kier molecular flexibility index (Phi) is 3.22. The van der Waals surface area contributed by atoms with Crippen LogP contribution in [0.3, 0.4) is 0 Å². The summed E-state index contributed by atoms with van der Waals surface area (Å²) in [6.45, 7) is 0. The summed E-state index contributed by atoms with van der Waals surface area (Å²) in [5.41, 5.74) is 3.14. The van der Waals surface area contributed by atoms with E-state index in [1.54, 1.807) is 6.33 Å². The van der Waals surface area contributed by atoms with Crippen LogP contribution in [0.4, 0.5) is 0 Å². The average Bonchev–Trinajstić information content (AvgIpc) is 3.11. The molecule has 0 amide bonds. The quantitative estimate of drug-likeness (QED) is 0.941. The van der Waals surface area contributed by atoms with Crippen molar-refractivity contribution in [3.05, 3.63) is 30.7 Å². The van der Waals surface area contributed by atoms with Crippen LogP contribution >= 0.6 is 0 Å². The molecule has 2 atom stereocenters. The molecule has 1 N–H and O–H groups in total. The number of rotatable bonds is 3. The number of hydrogen-bond acceptors (Lipinski definition) is 4. The second-order valence-electron chi connectivity index (χ2n) is 6.22. The van der Waals surface area contributed by atoms with Gasteiger partial charge in [-0.05, 0) is 18.8 Å². The Morgan fingerprint density at radius 1 is 1.19 bits per heavy atom. The Bertz CT molecular complexity index is 633. The van der Waals surface area contributed by atoms with E-state index in [9.17, 15) is 5.11 Å². The van der Waals surface area contributed by atoms with Crippen molar-refractivity contribution in [3.63, 3.8) is 0 Å². The molecule has 5 heteroatoms. The number of fused-ring (bicyclic) bond motifs is 3. The highest BCUT2D eigenvalue weighted by Gasteiger charge is 2.33. The zero-order valence-electron chi connectivity index (χ0n) is 12.0. The Morgan fingerprint density at radius 3 is 2.90 bits per heavy atom. The summed E-state index contributed by atoms with van der Waals surface area (Å²) in [7, 11) is 0. The molecule has 110 valence electrons. The minimum absolute atomic E-state index is 0.0948. The molecule has 0 aromatic carbocycles. The second-order valence-corrected chi connectivity index (χ2v) is 6.22. The van der Waals surface area contributed by atoms with Crippen LogP contribution in [0.2, 0.25) is 0 Å². The van der Waals surface area contributed by atoms with Gasteiger partial charge in [0.05, 0.1) is 36.1 Å². The number of nitrogens with zero attached hydrogens (tertiary/aromatic N) is 4. The van der Waals surface area contributed by atoms with E-state index in [1.165, 1.54) is 19.3 Å². The molecule has 21 heavy (non-hydrogen) atoms. The maximum atomic E-state index is 10.6. The third-order valence-corrected chi connectivity index (χ3v) is 5.00. The van der Waals surface area contributed by atoms with E-state index in [0.717, 1.165) is 36.2 Å². The van der Waals surface area contributed by atoms with Crippen molar-refractivity contribution in [2.45, 2.75) is 50.7 Å². The van der Waals surface area contributed by atoms with Gasteiger partial charge in [0.1, 0.15) is 6.33 Å². The van der Waals surface area contributed by atoms with Crippen molar-refractivity contribution in [1.29, 1.82) is 0 Å². The van der Waals surface area contributed by atoms with Crippen LogP contribution in [-0.2, 0) is 0 Å². The van der Waals surface area contributed by atoms with Crippen molar-refractivity contribution in [2.75, 3.05) is 0 Å². The van der Waals surface area contributed by atoms with Gasteiger partial charge < -0.3 is 9.67 Å². The van der Waals surface area contributed by atoms with E-state index in [1.807, 2.05) is 18.7 Å². The highest BCUT2D eigenvalue weighted by Crippen LogP contribution is 2.41. The molecule has 0 radical (unpaired) electrons. The molecule has 1 aliphatic heterocycles. The van der Waals surface area contributed by atoms with Crippen LogP contribution in [0.25, 0.3) is 11.3 Å². The second kappa shape index (κ2) is 5.22. The van der Waals surface area contributed by atoms with E-state index in [-0.39, 0.29) is 12.1 Å². The first-order chi connectivity index (χ1) is 10.3. The van der Waals surface area contributed by atoms with Gasteiger partial charge in [0.15, 0.2) is 0 Å². The van der Waals surface area contributed by atoms with Crippen LogP contribution in [0.15, 0.2) is 25.0 Å². The van der Waals surface area contributed by atoms with Crippen LogP contribution in [0, 0.1) is 5.92 Å². The molecule has 2 aromatic rings. The standard InChI is InChI=1S/C16H20N4O/c21-15(11-4-2-1-3-5-11)6-13-16-12(7-17-9-19-16)14-8-18-10-20(13)14/h7-11,13,15,21H,1-6H2/t13-,15-/m0/s1. The predicted molar refractivity (Wildman–Crippen MR) is 78.6 cm³/mol. The molecule has 3 heterocycles. The van der Waals surface area contributed by atoms with Gasteiger partial charge in [0, 0.05) is 18.2 Å². The lowest BCUT2D eigenvalue weighted by Gasteiger charge is -2.28. The molecule has 0 unspecified atom stereocenters. The van der Waals surface area contributed by atoms with Crippen molar-refractivity contribution < 1.29 is 5.11 Å². The van der Waals surface area contributed by atoms with Crippen LogP contribution in [0.1, 0.15) is 50.3 Å². The number of imidazole rings is 1. The summed E-state index contributed by atoms with van der Waals surface area (Å²) in [4.78, 5) is 12.8. The minimum Gasteiger partial charge on any atom is -0.393 e. The first kappa shape index (κ1) is 13.0. The average molecular weight is 284 g/mol. The third kappa shape index (κ3) is 2.16. The van der Waals surface area contributed by atoms with Crippen LogP contribution in [-0.4, -0.2) is 30.7 Å². The fourth-order valence-corrected chi connectivity index (χ4v) is 3.86. The smallest absolute Gasteiger partial charge is 0.115 e. The molecule has 1 aliphatic carbocycles. The molecule has 2 aromatic heterocycles. The minimum atomic E-state index is -0.258. The predicted octanol–water partition coefficient (Wildman–Crippen LogP) is 2.57. The van der Waals surface area contributed by atoms with Crippen LogP contribution < -0.4 is 0 Å². The molecule has 2 aliphatic rings. The fraction of sp³-hybridized carbons (Fsp3) is 0.562. The van der Waals surface area contributed by atoms with Gasteiger partial charge in [-0.15, -0.1) is 0 Å². The molecule has 0 spiro atoms. The molecular formula is C16H20N4O. The summed E-state index contributed by atoms with van der Waals surface area (Å²) in [6.07, 6.45) is 13.7. The molecule has 0 saturated heterocycles. The lowest BCUT2D eigenvalue weighted by Crippen LogP contribution is -2.26. The Hall–Kier alpha value is -1.75. The zero-order chi connectivity index (χ0) is 14.2. The van der Waals surface area contributed by atoms with Crippen LogP contribution in [0.5, 0.6) is 0 Å². The van der Waals surface area contributed by atoms with Crippen molar-refractivity contribution in [1.82, 2.24) is 19.5 Å². The highest BCUT2D eigenvalue weighted by molar-refractivity contribution is 5.65. The summed E-state index contributed by atoms with van der Waals surface area (Å²) >= 11 is 0. The number of aliphatic hydroxyl groups excluding tert-OH is 1. The highest BCUT2D eigenvalue weighted by atomic mass is 16.3. The monoisotopic (exact) mass is 284 g/mol. The molecule has 0 bridgehead atoms. The lowest BCUT2D eigenvalue weighted by atomic mass is 9.83. The van der Waals surface area contributed by atoms with Gasteiger partial charge in [-0.2, -0.15) is 0 Å². The molecular weight excluding hydrogens is 264 g/mol. The Labute approximate surface area is 124 Å². The molecule has 1 saturated carbocycles. The zero-order valence-corrected chi connectivity index (χ0v) is 12.0. The van der Waals surface area contributed by atoms with Gasteiger partial charge in [-0.3, -0.25) is 0 Å². The largest absolute Gasteiger partial charge is 0.393 e. The van der Waals surface area contributed by atoms with Gasteiger partial charge >= 0.3 is 0 Å². The van der Waals surface area contributed by atoms with Gasteiger partial charge in [-0.1, -0.05) is 19.3 Å². The summed E-state index contributed by atoms with van der Waals surface area (Å²) < 4.78 is 2.13. The van der Waals surface area contributed by atoms with E-state index < -0.39 is 0 Å². The normalized spacial score (nSPS) is 22.8. The van der Waals surface area contributed by atoms with Gasteiger partial charge in [-0.25, -0.2) is 15.0 Å². The summed E-state index contributed by atoms with van der Waals surface area (Å²) in [5, 5.41) is 10.6. The van der Waals surface area contributed by atoms with Crippen molar-refractivity contribution in [3.8, 4) is 11.3 Å². The van der Waals surface area contributed by atoms with Crippen molar-refractivity contribution >= 4 is 0 Å². The molecule has 4 rings (SSSR count). The Morgan fingerprint density at radius 2 is 2.05 bits per heavy atom.